The summed E-state index contributed by atoms with van der Waals surface area (Å²) < 4.78 is 37.2. The first-order valence-electron chi connectivity index (χ1n) is 6.70. The van der Waals surface area contributed by atoms with Crippen LogP contribution in [-0.4, -0.2) is 12.7 Å². The normalized spacial score (nSPS) is 13.6. The molecule has 1 aromatic carbocycles. The van der Waals surface area contributed by atoms with Crippen molar-refractivity contribution >= 4 is 0 Å². The number of benzene rings is 1. The van der Waals surface area contributed by atoms with Crippen molar-refractivity contribution < 1.29 is 13.2 Å². The highest BCUT2D eigenvalue weighted by molar-refractivity contribution is 5.32. The van der Waals surface area contributed by atoms with Gasteiger partial charge in [0.05, 0.1) is 0 Å². The van der Waals surface area contributed by atoms with Gasteiger partial charge in [0.1, 0.15) is 0 Å². The Morgan fingerprint density at radius 1 is 1.21 bits per heavy atom. The minimum absolute atomic E-state index is 0.0907. The van der Waals surface area contributed by atoms with E-state index in [0.29, 0.717) is 0 Å². The van der Waals surface area contributed by atoms with Crippen LogP contribution in [0.15, 0.2) is 18.2 Å². The van der Waals surface area contributed by atoms with Crippen LogP contribution in [0.25, 0.3) is 0 Å². The van der Waals surface area contributed by atoms with E-state index in [9.17, 15) is 13.2 Å². The molecule has 0 heterocycles. The Kier molecular flexibility index (Phi) is 5.85. The molecule has 1 atom stereocenters. The molecule has 0 spiro atoms. The number of hydrogen-bond donors (Lipinski definition) is 1. The van der Waals surface area contributed by atoms with Crippen LogP contribution in [0.2, 0.25) is 0 Å². The van der Waals surface area contributed by atoms with Gasteiger partial charge in [-0.05, 0) is 44.4 Å². The van der Waals surface area contributed by atoms with Crippen molar-refractivity contribution in [1.29, 1.82) is 0 Å². The van der Waals surface area contributed by atoms with Gasteiger partial charge in [0.25, 0.3) is 0 Å². The van der Waals surface area contributed by atoms with Gasteiger partial charge in [-0.25, -0.2) is 0 Å². The highest BCUT2D eigenvalue weighted by Gasteiger charge is 2.28. The maximum atomic E-state index is 12.4. The van der Waals surface area contributed by atoms with E-state index >= 15 is 0 Å². The summed E-state index contributed by atoms with van der Waals surface area (Å²) in [5.41, 5.74) is 3.16. The van der Waals surface area contributed by atoms with Gasteiger partial charge in [-0.2, -0.15) is 13.2 Å². The molecule has 0 aliphatic rings. The minimum Gasteiger partial charge on any atom is -0.310 e. The van der Waals surface area contributed by atoms with Gasteiger partial charge < -0.3 is 5.32 Å². The summed E-state index contributed by atoms with van der Waals surface area (Å²) >= 11 is 0. The van der Waals surface area contributed by atoms with Crippen LogP contribution in [-0.2, 0) is 0 Å². The van der Waals surface area contributed by atoms with Gasteiger partial charge in [0, 0.05) is 12.5 Å². The molecule has 1 aromatic rings. The second-order valence-corrected chi connectivity index (χ2v) is 5.02. The van der Waals surface area contributed by atoms with E-state index in [2.05, 4.69) is 5.32 Å². The van der Waals surface area contributed by atoms with Crippen molar-refractivity contribution in [3.8, 4) is 0 Å². The summed E-state index contributed by atoms with van der Waals surface area (Å²) in [5, 5.41) is 3.22. The van der Waals surface area contributed by atoms with Gasteiger partial charge in [-0.1, -0.05) is 30.7 Å². The van der Waals surface area contributed by atoms with Crippen LogP contribution in [0.3, 0.4) is 0 Å². The molecular weight excluding hydrogens is 251 g/mol. The summed E-state index contributed by atoms with van der Waals surface area (Å²) in [7, 11) is 0. The molecular formula is C15H22F3N. The van der Waals surface area contributed by atoms with Crippen molar-refractivity contribution in [2.24, 2.45) is 0 Å². The number of halogens is 3. The van der Waals surface area contributed by atoms with Gasteiger partial charge >= 0.3 is 6.18 Å². The molecule has 19 heavy (non-hydrogen) atoms. The Labute approximate surface area is 113 Å². The monoisotopic (exact) mass is 273 g/mol. The van der Waals surface area contributed by atoms with Crippen LogP contribution < -0.4 is 5.32 Å². The molecule has 1 nitrogen and oxygen atoms in total. The summed E-state index contributed by atoms with van der Waals surface area (Å²) in [5.74, 6) is 0. The van der Waals surface area contributed by atoms with Gasteiger partial charge in [0.2, 0.25) is 0 Å². The molecule has 0 saturated carbocycles. The van der Waals surface area contributed by atoms with Crippen molar-refractivity contribution in [2.45, 2.75) is 52.3 Å². The minimum atomic E-state index is -4.09. The van der Waals surface area contributed by atoms with Crippen molar-refractivity contribution in [2.75, 3.05) is 6.54 Å². The molecule has 0 fully saturated rings. The predicted molar refractivity (Wildman–Crippen MR) is 72.2 cm³/mol. The SMILES string of the molecule is CCCNC(CCC(F)(F)F)c1ccc(C)cc1C. The fourth-order valence-corrected chi connectivity index (χ4v) is 2.21. The molecule has 1 N–H and O–H groups in total. The van der Waals surface area contributed by atoms with Crippen LogP contribution >= 0.6 is 0 Å². The summed E-state index contributed by atoms with van der Waals surface area (Å²) in [6, 6.07) is 5.69. The van der Waals surface area contributed by atoms with E-state index in [1.165, 1.54) is 0 Å². The van der Waals surface area contributed by atoms with Gasteiger partial charge in [-0.15, -0.1) is 0 Å². The first-order valence-corrected chi connectivity index (χ1v) is 6.70. The first kappa shape index (κ1) is 16.0. The Morgan fingerprint density at radius 3 is 2.42 bits per heavy atom. The Morgan fingerprint density at radius 2 is 1.89 bits per heavy atom. The van der Waals surface area contributed by atoms with E-state index in [1.54, 1.807) is 0 Å². The van der Waals surface area contributed by atoms with Crippen molar-refractivity contribution in [3.63, 3.8) is 0 Å². The molecule has 0 aromatic heterocycles. The van der Waals surface area contributed by atoms with E-state index < -0.39 is 12.6 Å². The molecule has 0 bridgehead atoms. The van der Waals surface area contributed by atoms with E-state index in [1.807, 2.05) is 39.0 Å². The highest BCUT2D eigenvalue weighted by atomic mass is 19.4. The standard InChI is InChI=1S/C15H22F3N/c1-4-9-19-14(7-8-15(16,17)18)13-6-5-11(2)10-12(13)3/h5-6,10,14,19H,4,7-9H2,1-3H3. The summed E-state index contributed by atoms with van der Waals surface area (Å²) in [6.45, 7) is 6.68. The molecule has 1 rings (SSSR count). The first-order chi connectivity index (χ1) is 8.83. The molecule has 1 unspecified atom stereocenters. The lowest BCUT2D eigenvalue weighted by Gasteiger charge is -2.22. The topological polar surface area (TPSA) is 12.0 Å². The number of rotatable bonds is 6. The second kappa shape index (κ2) is 6.94. The molecule has 0 aliphatic carbocycles. The Hall–Kier alpha value is -1.03. The van der Waals surface area contributed by atoms with E-state index in [0.717, 1.165) is 29.7 Å². The molecule has 0 aliphatic heterocycles. The van der Waals surface area contributed by atoms with E-state index in [4.69, 9.17) is 0 Å². The highest BCUT2D eigenvalue weighted by Crippen LogP contribution is 2.29. The molecule has 0 radical (unpaired) electrons. The number of nitrogens with one attached hydrogen (secondary N) is 1. The quantitative estimate of drug-likeness (QED) is 0.793. The molecule has 4 heteroatoms. The van der Waals surface area contributed by atoms with Crippen LogP contribution in [0.5, 0.6) is 0 Å². The number of hydrogen-bond acceptors (Lipinski definition) is 1. The molecule has 0 saturated heterocycles. The Balaban J connectivity index is 2.83. The maximum absolute atomic E-state index is 12.4. The number of aryl methyl sites for hydroxylation is 2. The van der Waals surface area contributed by atoms with Crippen molar-refractivity contribution in [3.05, 3.63) is 34.9 Å². The lowest BCUT2D eigenvalue weighted by molar-refractivity contribution is -0.136. The van der Waals surface area contributed by atoms with Crippen LogP contribution in [0.4, 0.5) is 13.2 Å². The average Bonchev–Trinajstić information content (AvgIpc) is 2.29. The zero-order valence-electron chi connectivity index (χ0n) is 11.8. The zero-order chi connectivity index (χ0) is 14.5. The predicted octanol–water partition coefficient (Wildman–Crippen LogP) is 4.69. The fraction of sp³-hybridized carbons (Fsp3) is 0.600. The molecule has 0 amide bonds. The largest absolute Gasteiger partial charge is 0.389 e. The van der Waals surface area contributed by atoms with Gasteiger partial charge in [-0.3, -0.25) is 0 Å². The van der Waals surface area contributed by atoms with Crippen molar-refractivity contribution in [1.82, 2.24) is 5.32 Å². The third-order valence-electron chi connectivity index (χ3n) is 3.16. The lowest BCUT2D eigenvalue weighted by Crippen LogP contribution is -2.24. The second-order valence-electron chi connectivity index (χ2n) is 5.02. The van der Waals surface area contributed by atoms with Gasteiger partial charge in [0.15, 0.2) is 0 Å². The summed E-state index contributed by atoms with van der Waals surface area (Å²) in [6.07, 6.45) is -3.84. The average molecular weight is 273 g/mol. The Bertz CT molecular complexity index is 399. The smallest absolute Gasteiger partial charge is 0.310 e. The van der Waals surface area contributed by atoms with Crippen LogP contribution in [0, 0.1) is 13.8 Å². The number of alkyl halides is 3. The van der Waals surface area contributed by atoms with E-state index in [-0.39, 0.29) is 12.5 Å². The maximum Gasteiger partial charge on any atom is 0.389 e. The lowest BCUT2D eigenvalue weighted by atomic mass is 9.96. The summed E-state index contributed by atoms with van der Waals surface area (Å²) in [4.78, 5) is 0. The van der Waals surface area contributed by atoms with Crippen LogP contribution in [0.1, 0.15) is 48.9 Å². The molecule has 108 valence electrons. The zero-order valence-corrected chi connectivity index (χ0v) is 11.8. The third kappa shape index (κ3) is 5.64. The fourth-order valence-electron chi connectivity index (χ4n) is 2.21. The third-order valence-corrected chi connectivity index (χ3v) is 3.16.